The molecule has 0 amide bonds. The predicted octanol–water partition coefficient (Wildman–Crippen LogP) is 4.79. The molecule has 0 saturated carbocycles. The van der Waals surface area contributed by atoms with Crippen molar-refractivity contribution < 1.29 is 9.18 Å². The number of benzene rings is 2. The van der Waals surface area contributed by atoms with Crippen molar-refractivity contribution in [3.8, 4) is 0 Å². The molecule has 1 N–H and O–H groups in total. The number of anilines is 1. The number of halogens is 2. The lowest BCUT2D eigenvalue weighted by Gasteiger charge is -2.08. The summed E-state index contributed by atoms with van der Waals surface area (Å²) in [7, 11) is 0. The number of rotatable bonds is 4. The topological polar surface area (TPSA) is 29.1 Å². The van der Waals surface area contributed by atoms with E-state index in [1.165, 1.54) is 12.1 Å². The van der Waals surface area contributed by atoms with E-state index < -0.39 is 0 Å². The first-order chi connectivity index (χ1) is 9.56. The van der Waals surface area contributed by atoms with E-state index in [2.05, 4.69) is 21.2 Å². The second kappa shape index (κ2) is 6.48. The minimum absolute atomic E-state index is 0.117. The minimum atomic E-state index is -0.376. The molecule has 0 bridgehead atoms. The van der Waals surface area contributed by atoms with E-state index in [1.807, 2.05) is 6.07 Å². The van der Waals surface area contributed by atoms with Crippen molar-refractivity contribution in [1.82, 2.24) is 0 Å². The smallest absolute Gasteiger partial charge is 0.187 e. The van der Waals surface area contributed by atoms with E-state index in [0.29, 0.717) is 21.4 Å². The summed E-state index contributed by atoms with van der Waals surface area (Å²) in [5.41, 5.74) is 1.52. The number of ketones is 1. The van der Waals surface area contributed by atoms with Crippen LogP contribution in [0.4, 0.5) is 10.1 Å². The third-order valence-corrected chi connectivity index (χ3v) is 3.16. The van der Waals surface area contributed by atoms with Gasteiger partial charge in [0.1, 0.15) is 5.82 Å². The van der Waals surface area contributed by atoms with Crippen molar-refractivity contribution in [2.45, 2.75) is 6.92 Å². The van der Waals surface area contributed by atoms with E-state index in [0.717, 1.165) is 0 Å². The largest absolute Gasteiger partial charge is 0.357 e. The van der Waals surface area contributed by atoms with Crippen molar-refractivity contribution in [3.63, 3.8) is 0 Å². The highest BCUT2D eigenvalue weighted by Crippen LogP contribution is 2.20. The van der Waals surface area contributed by atoms with Crippen LogP contribution in [0.3, 0.4) is 0 Å². The van der Waals surface area contributed by atoms with Gasteiger partial charge in [0.05, 0.1) is 5.69 Å². The number of allylic oxidation sites excluding steroid dienone is 2. The van der Waals surface area contributed by atoms with Crippen LogP contribution in [0.1, 0.15) is 17.3 Å². The lowest BCUT2D eigenvalue weighted by Crippen LogP contribution is -2.02. The zero-order valence-corrected chi connectivity index (χ0v) is 12.4. The number of nitrogens with one attached hydrogen (secondary N) is 1. The summed E-state index contributed by atoms with van der Waals surface area (Å²) in [6.07, 6.45) is 1.46. The molecule has 0 radical (unpaired) electrons. The van der Waals surface area contributed by atoms with Crippen molar-refractivity contribution in [2.75, 3.05) is 5.32 Å². The van der Waals surface area contributed by atoms with E-state index in [4.69, 9.17) is 0 Å². The molecule has 0 unspecified atom stereocenters. The highest BCUT2D eigenvalue weighted by atomic mass is 79.9. The quantitative estimate of drug-likeness (QED) is 0.644. The lowest BCUT2D eigenvalue weighted by atomic mass is 10.1. The maximum Gasteiger partial charge on any atom is 0.187 e. The fraction of sp³-hybridized carbons (Fsp3) is 0.0625. The van der Waals surface area contributed by atoms with E-state index in [-0.39, 0.29) is 11.6 Å². The van der Waals surface area contributed by atoms with Gasteiger partial charge in [0.2, 0.25) is 0 Å². The summed E-state index contributed by atoms with van der Waals surface area (Å²) in [5, 5.41) is 2.88. The van der Waals surface area contributed by atoms with Gasteiger partial charge in [0.15, 0.2) is 5.78 Å². The summed E-state index contributed by atoms with van der Waals surface area (Å²) in [4.78, 5) is 12.0. The number of carbonyl (C=O) groups is 1. The van der Waals surface area contributed by atoms with Crippen LogP contribution in [0.15, 0.2) is 64.8 Å². The third kappa shape index (κ3) is 3.78. The van der Waals surface area contributed by atoms with Crippen molar-refractivity contribution in [2.24, 2.45) is 0 Å². The van der Waals surface area contributed by atoms with E-state index in [1.54, 1.807) is 43.3 Å². The first kappa shape index (κ1) is 14.5. The van der Waals surface area contributed by atoms with Gasteiger partial charge in [-0.15, -0.1) is 0 Å². The van der Waals surface area contributed by atoms with Crippen molar-refractivity contribution >= 4 is 27.4 Å². The molecule has 0 aliphatic carbocycles. The number of hydrogen-bond acceptors (Lipinski definition) is 2. The maximum absolute atomic E-state index is 13.7. The molecule has 102 valence electrons. The van der Waals surface area contributed by atoms with Gasteiger partial charge in [0.25, 0.3) is 0 Å². The Balaban J connectivity index is 2.13. The molecule has 4 heteroatoms. The Labute approximate surface area is 125 Å². The van der Waals surface area contributed by atoms with Crippen LogP contribution in [-0.2, 0) is 0 Å². The first-order valence-corrected chi connectivity index (χ1v) is 6.85. The molecule has 0 spiro atoms. The molecule has 0 fully saturated rings. The molecule has 2 aromatic carbocycles. The molecule has 20 heavy (non-hydrogen) atoms. The highest BCUT2D eigenvalue weighted by Gasteiger charge is 2.05. The fourth-order valence-corrected chi connectivity index (χ4v) is 2.05. The molecule has 2 aromatic rings. The molecule has 0 atom stereocenters. The summed E-state index contributed by atoms with van der Waals surface area (Å²) in [6.45, 7) is 1.72. The highest BCUT2D eigenvalue weighted by molar-refractivity contribution is 9.10. The van der Waals surface area contributed by atoms with E-state index >= 15 is 0 Å². The Morgan fingerprint density at radius 2 is 1.90 bits per heavy atom. The molecule has 0 aliphatic rings. The van der Waals surface area contributed by atoms with Gasteiger partial charge >= 0.3 is 0 Å². The zero-order chi connectivity index (χ0) is 14.5. The average Bonchev–Trinajstić information content (AvgIpc) is 2.43. The Bertz CT molecular complexity index is 653. The van der Waals surface area contributed by atoms with Gasteiger partial charge in [-0.1, -0.05) is 46.3 Å². The molecule has 2 rings (SSSR count). The summed E-state index contributed by atoms with van der Waals surface area (Å²) < 4.78 is 14.3. The van der Waals surface area contributed by atoms with Gasteiger partial charge < -0.3 is 5.32 Å². The molecule has 0 heterocycles. The Morgan fingerprint density at radius 3 is 2.55 bits per heavy atom. The summed E-state index contributed by atoms with van der Waals surface area (Å²) >= 11 is 3.20. The third-order valence-electron chi connectivity index (χ3n) is 2.67. The van der Waals surface area contributed by atoms with Gasteiger partial charge in [-0.2, -0.15) is 0 Å². The van der Waals surface area contributed by atoms with Gasteiger partial charge in [-0.3, -0.25) is 4.79 Å². The van der Waals surface area contributed by atoms with Crippen LogP contribution in [0.5, 0.6) is 0 Å². The fourth-order valence-electron chi connectivity index (χ4n) is 1.72. The second-order valence-electron chi connectivity index (χ2n) is 4.31. The average molecular weight is 334 g/mol. The van der Waals surface area contributed by atoms with Crippen LogP contribution in [0.25, 0.3) is 0 Å². The molecular formula is C16H13BrFNO. The first-order valence-electron chi connectivity index (χ1n) is 6.06. The maximum atomic E-state index is 13.7. The lowest BCUT2D eigenvalue weighted by molar-refractivity contribution is 0.104. The predicted molar refractivity (Wildman–Crippen MR) is 82.3 cm³/mol. The normalized spacial score (nSPS) is 11.2. The van der Waals surface area contributed by atoms with Crippen molar-refractivity contribution in [3.05, 3.63) is 76.2 Å². The van der Waals surface area contributed by atoms with Gasteiger partial charge in [-0.05, 0) is 25.1 Å². The SMILES string of the molecule is CC(=CC(=O)c1ccccc1)Nc1ccc(Br)cc1F. The molecule has 0 saturated heterocycles. The molecule has 0 aromatic heterocycles. The summed E-state index contributed by atoms with van der Waals surface area (Å²) in [6, 6.07) is 13.7. The van der Waals surface area contributed by atoms with E-state index in [9.17, 15) is 9.18 Å². The van der Waals surface area contributed by atoms with Crippen LogP contribution in [0, 0.1) is 5.82 Å². The van der Waals surface area contributed by atoms with Crippen LogP contribution >= 0.6 is 15.9 Å². The monoisotopic (exact) mass is 333 g/mol. The second-order valence-corrected chi connectivity index (χ2v) is 5.22. The number of hydrogen-bond donors (Lipinski definition) is 1. The van der Waals surface area contributed by atoms with Gasteiger partial charge in [0, 0.05) is 21.8 Å². The Hall–Kier alpha value is -1.94. The summed E-state index contributed by atoms with van der Waals surface area (Å²) in [5.74, 6) is -0.493. The van der Waals surface area contributed by atoms with Gasteiger partial charge in [-0.25, -0.2) is 4.39 Å². The standard InChI is InChI=1S/C16H13BrFNO/c1-11(9-16(20)12-5-3-2-4-6-12)19-15-8-7-13(17)10-14(15)18/h2-10,19H,1H3. The van der Waals surface area contributed by atoms with Crippen LogP contribution in [0.2, 0.25) is 0 Å². The zero-order valence-electron chi connectivity index (χ0n) is 10.9. The van der Waals surface area contributed by atoms with Crippen LogP contribution < -0.4 is 5.32 Å². The Morgan fingerprint density at radius 1 is 1.20 bits per heavy atom. The molecular weight excluding hydrogens is 321 g/mol. The number of carbonyl (C=O) groups excluding carboxylic acids is 1. The molecule has 0 aliphatic heterocycles. The minimum Gasteiger partial charge on any atom is -0.357 e. The Kier molecular flexibility index (Phi) is 4.69. The van der Waals surface area contributed by atoms with Crippen LogP contribution in [-0.4, -0.2) is 5.78 Å². The van der Waals surface area contributed by atoms with Crippen molar-refractivity contribution in [1.29, 1.82) is 0 Å². The molecule has 2 nitrogen and oxygen atoms in total.